The molecule has 0 aromatic carbocycles. The lowest BCUT2D eigenvalue weighted by Crippen LogP contribution is -2.25. The lowest BCUT2D eigenvalue weighted by molar-refractivity contribution is -0.141. The second kappa shape index (κ2) is 6.81. The van der Waals surface area contributed by atoms with Crippen LogP contribution >= 0.6 is 0 Å². The highest BCUT2D eigenvalue weighted by molar-refractivity contribution is 5.93. The summed E-state index contributed by atoms with van der Waals surface area (Å²) < 4.78 is 37.3. The van der Waals surface area contributed by atoms with Crippen LogP contribution in [0.3, 0.4) is 0 Å². The maximum atomic E-state index is 12.4. The average molecular weight is 339 g/mol. The molecule has 24 heavy (non-hydrogen) atoms. The minimum Gasteiger partial charge on any atom is -0.363 e. The van der Waals surface area contributed by atoms with E-state index in [1.165, 1.54) is 0 Å². The molecule has 2 aromatic heterocycles. The molecule has 0 radical (unpaired) electrons. The van der Waals surface area contributed by atoms with E-state index < -0.39 is 17.8 Å². The summed E-state index contributed by atoms with van der Waals surface area (Å²) in [5.41, 5.74) is -0.269. The van der Waals surface area contributed by atoms with Crippen molar-refractivity contribution < 1.29 is 18.0 Å². The Morgan fingerprint density at radius 2 is 1.96 bits per heavy atom. The van der Waals surface area contributed by atoms with Gasteiger partial charge in [0.1, 0.15) is 17.3 Å². The fourth-order valence-corrected chi connectivity index (χ4v) is 1.88. The topological polar surface area (TPSA) is 71.0 Å². The molecule has 0 aliphatic carbocycles. The third-order valence-corrected chi connectivity index (χ3v) is 3.07. The van der Waals surface area contributed by atoms with Crippen molar-refractivity contribution in [1.82, 2.24) is 20.3 Å². The highest BCUT2D eigenvalue weighted by atomic mass is 19.4. The number of hydrogen-bond donors (Lipinski definition) is 1. The molecule has 2 heterocycles. The molecule has 0 spiro atoms. The molecule has 0 unspecified atom stereocenters. The number of pyridine rings is 1. The first-order valence-electron chi connectivity index (χ1n) is 7.00. The van der Waals surface area contributed by atoms with E-state index in [2.05, 4.69) is 20.3 Å². The third-order valence-electron chi connectivity index (χ3n) is 3.07. The van der Waals surface area contributed by atoms with Gasteiger partial charge >= 0.3 is 6.18 Å². The van der Waals surface area contributed by atoms with Crippen LogP contribution < -0.4 is 10.2 Å². The van der Waals surface area contributed by atoms with E-state index in [0.717, 1.165) is 24.0 Å². The number of rotatable bonds is 4. The van der Waals surface area contributed by atoms with Gasteiger partial charge in [-0.2, -0.15) is 13.2 Å². The molecule has 128 valence electrons. The summed E-state index contributed by atoms with van der Waals surface area (Å²) in [7, 11) is 3.66. The summed E-state index contributed by atoms with van der Waals surface area (Å²) in [6.07, 6.45) is -3.65. The van der Waals surface area contributed by atoms with Crippen molar-refractivity contribution in [2.45, 2.75) is 19.6 Å². The number of anilines is 1. The molecule has 1 N–H and O–H groups in total. The van der Waals surface area contributed by atoms with Crippen LogP contribution in [0.15, 0.2) is 24.4 Å². The number of carbonyl (C=O) groups is 1. The molecule has 0 bridgehead atoms. The maximum absolute atomic E-state index is 12.4. The quantitative estimate of drug-likeness (QED) is 0.925. The normalized spacial score (nSPS) is 11.2. The molecule has 9 heteroatoms. The van der Waals surface area contributed by atoms with Crippen molar-refractivity contribution in [2.24, 2.45) is 0 Å². The molecule has 0 fully saturated rings. The van der Waals surface area contributed by atoms with Crippen LogP contribution in [0, 0.1) is 6.92 Å². The molecule has 6 nitrogen and oxygen atoms in total. The van der Waals surface area contributed by atoms with Crippen molar-refractivity contribution in [3.8, 4) is 0 Å². The summed E-state index contributed by atoms with van der Waals surface area (Å²) in [5.74, 6) is 0.558. The Hall–Kier alpha value is -2.71. The minimum absolute atomic E-state index is 0.0310. The Morgan fingerprint density at radius 3 is 2.50 bits per heavy atom. The van der Waals surface area contributed by atoms with Crippen molar-refractivity contribution in [3.63, 3.8) is 0 Å². The Bertz CT molecular complexity index is 729. The molecular weight excluding hydrogens is 323 g/mol. The van der Waals surface area contributed by atoms with Gasteiger partial charge in [-0.15, -0.1) is 0 Å². The molecule has 0 aliphatic heterocycles. The Balaban J connectivity index is 2.05. The largest absolute Gasteiger partial charge is 0.433 e. The van der Waals surface area contributed by atoms with E-state index in [1.807, 2.05) is 14.1 Å². The van der Waals surface area contributed by atoms with Crippen molar-refractivity contribution >= 4 is 11.7 Å². The van der Waals surface area contributed by atoms with E-state index in [0.29, 0.717) is 11.6 Å². The van der Waals surface area contributed by atoms with E-state index in [-0.39, 0.29) is 12.1 Å². The van der Waals surface area contributed by atoms with Gasteiger partial charge in [0.2, 0.25) is 0 Å². The summed E-state index contributed by atoms with van der Waals surface area (Å²) >= 11 is 0. The number of alkyl halides is 3. The van der Waals surface area contributed by atoms with Gasteiger partial charge < -0.3 is 10.2 Å². The predicted octanol–water partition coefficient (Wildman–Crippen LogP) is 2.19. The van der Waals surface area contributed by atoms with Gasteiger partial charge in [0.25, 0.3) is 5.91 Å². The number of aryl methyl sites for hydroxylation is 1. The second-order valence-corrected chi connectivity index (χ2v) is 5.29. The van der Waals surface area contributed by atoms with Crippen LogP contribution in [0.4, 0.5) is 19.0 Å². The Kier molecular flexibility index (Phi) is 5.01. The number of halogens is 3. The molecule has 2 rings (SSSR count). The standard InChI is InChI=1S/C15H16F3N5O/c1-9-6-13(23(2)3)22-12(21-9)8-20-14(24)10-4-5-11(19-7-10)15(16,17)18/h4-7H,8H2,1-3H3,(H,20,24). The lowest BCUT2D eigenvalue weighted by Gasteiger charge is -2.13. The zero-order valence-corrected chi connectivity index (χ0v) is 13.3. The number of nitrogens with zero attached hydrogens (tertiary/aromatic N) is 4. The van der Waals surface area contributed by atoms with Crippen LogP contribution in [0.1, 0.15) is 27.6 Å². The van der Waals surface area contributed by atoms with Gasteiger partial charge in [-0.3, -0.25) is 9.78 Å². The molecule has 0 saturated heterocycles. The first-order valence-corrected chi connectivity index (χ1v) is 7.00. The molecule has 1 amide bonds. The number of amides is 1. The number of carbonyl (C=O) groups excluding carboxylic acids is 1. The molecule has 2 aromatic rings. The van der Waals surface area contributed by atoms with Crippen LogP contribution in [0.5, 0.6) is 0 Å². The predicted molar refractivity (Wildman–Crippen MR) is 81.5 cm³/mol. The van der Waals surface area contributed by atoms with Crippen LogP contribution in [0.25, 0.3) is 0 Å². The van der Waals surface area contributed by atoms with Gasteiger partial charge in [0, 0.05) is 32.1 Å². The smallest absolute Gasteiger partial charge is 0.363 e. The fourth-order valence-electron chi connectivity index (χ4n) is 1.88. The summed E-state index contributed by atoms with van der Waals surface area (Å²) in [5, 5.41) is 2.56. The van der Waals surface area contributed by atoms with E-state index in [9.17, 15) is 18.0 Å². The van der Waals surface area contributed by atoms with Crippen LogP contribution in [0.2, 0.25) is 0 Å². The summed E-state index contributed by atoms with van der Waals surface area (Å²) in [6.45, 7) is 1.86. The first kappa shape index (κ1) is 17.6. The van der Waals surface area contributed by atoms with Gasteiger partial charge in [-0.05, 0) is 19.1 Å². The number of nitrogens with one attached hydrogen (secondary N) is 1. The number of hydrogen-bond acceptors (Lipinski definition) is 5. The third kappa shape index (κ3) is 4.40. The first-order chi connectivity index (χ1) is 11.2. The zero-order valence-electron chi connectivity index (χ0n) is 13.3. The molecular formula is C15H16F3N5O. The van der Waals surface area contributed by atoms with Gasteiger partial charge in [-0.1, -0.05) is 0 Å². The Labute approximate surface area is 136 Å². The summed E-state index contributed by atoms with van der Waals surface area (Å²) in [4.78, 5) is 25.5. The van der Waals surface area contributed by atoms with E-state index >= 15 is 0 Å². The zero-order chi connectivity index (χ0) is 17.9. The fraction of sp³-hybridized carbons (Fsp3) is 0.333. The minimum atomic E-state index is -4.53. The van der Waals surface area contributed by atoms with E-state index in [4.69, 9.17) is 0 Å². The highest BCUT2D eigenvalue weighted by Gasteiger charge is 2.32. The van der Waals surface area contributed by atoms with Crippen LogP contribution in [-0.2, 0) is 12.7 Å². The monoisotopic (exact) mass is 339 g/mol. The van der Waals surface area contributed by atoms with Crippen molar-refractivity contribution in [1.29, 1.82) is 0 Å². The summed E-state index contributed by atoms with van der Waals surface area (Å²) in [6, 6.07) is 3.64. The number of aromatic nitrogens is 3. The van der Waals surface area contributed by atoms with Crippen LogP contribution in [-0.4, -0.2) is 35.0 Å². The molecule has 0 saturated carbocycles. The lowest BCUT2D eigenvalue weighted by atomic mass is 10.2. The Morgan fingerprint density at radius 1 is 1.25 bits per heavy atom. The second-order valence-electron chi connectivity index (χ2n) is 5.29. The van der Waals surface area contributed by atoms with E-state index in [1.54, 1.807) is 17.9 Å². The van der Waals surface area contributed by atoms with Gasteiger partial charge in [-0.25, -0.2) is 9.97 Å². The van der Waals surface area contributed by atoms with Crippen molar-refractivity contribution in [3.05, 3.63) is 47.2 Å². The SMILES string of the molecule is Cc1cc(N(C)C)nc(CNC(=O)c2ccc(C(F)(F)F)nc2)n1. The maximum Gasteiger partial charge on any atom is 0.433 e. The average Bonchev–Trinajstić information content (AvgIpc) is 2.51. The van der Waals surface area contributed by atoms with Crippen molar-refractivity contribution in [2.75, 3.05) is 19.0 Å². The molecule has 0 aliphatic rings. The van der Waals surface area contributed by atoms with Gasteiger partial charge in [0.05, 0.1) is 12.1 Å². The van der Waals surface area contributed by atoms with Gasteiger partial charge in [0.15, 0.2) is 0 Å². The highest BCUT2D eigenvalue weighted by Crippen LogP contribution is 2.27. The molecule has 0 atom stereocenters.